The number of esters is 1. The lowest BCUT2D eigenvalue weighted by molar-refractivity contribution is 0.0736. The smallest absolute Gasteiger partial charge is 0.344 e. The van der Waals surface area contributed by atoms with E-state index in [-0.39, 0.29) is 5.97 Å². The fraction of sp³-hybridized carbons (Fsp3) is 0.0667. The van der Waals surface area contributed by atoms with Crippen LogP contribution in [-0.4, -0.2) is 15.9 Å². The number of ether oxygens (including phenoxy) is 1. The SMILES string of the molecule is Cc1cncc(OC(=O)c2cccc3[nH]ccc23)c1. The number of hydrogen-bond acceptors (Lipinski definition) is 3. The minimum atomic E-state index is -0.377. The summed E-state index contributed by atoms with van der Waals surface area (Å²) in [6, 6.07) is 9.13. The maximum absolute atomic E-state index is 12.2. The van der Waals surface area contributed by atoms with Gasteiger partial charge < -0.3 is 9.72 Å². The molecule has 0 fully saturated rings. The van der Waals surface area contributed by atoms with Crippen LogP contribution < -0.4 is 4.74 Å². The topological polar surface area (TPSA) is 55.0 Å². The van der Waals surface area contributed by atoms with Crippen molar-refractivity contribution in [2.45, 2.75) is 6.92 Å². The normalized spacial score (nSPS) is 10.6. The van der Waals surface area contributed by atoms with Crippen molar-refractivity contribution >= 4 is 16.9 Å². The highest BCUT2D eigenvalue weighted by atomic mass is 16.5. The molecule has 4 nitrogen and oxygen atoms in total. The van der Waals surface area contributed by atoms with Gasteiger partial charge in [0.15, 0.2) is 0 Å². The van der Waals surface area contributed by atoms with E-state index < -0.39 is 0 Å². The Morgan fingerprint density at radius 2 is 2.16 bits per heavy atom. The molecule has 2 aromatic heterocycles. The van der Waals surface area contributed by atoms with Crippen LogP contribution in [0.25, 0.3) is 10.9 Å². The van der Waals surface area contributed by atoms with Crippen molar-refractivity contribution in [1.29, 1.82) is 0 Å². The van der Waals surface area contributed by atoms with Crippen LogP contribution in [0, 0.1) is 6.92 Å². The first-order chi connectivity index (χ1) is 9.24. The molecule has 19 heavy (non-hydrogen) atoms. The molecule has 0 aliphatic rings. The van der Waals surface area contributed by atoms with E-state index in [9.17, 15) is 4.79 Å². The molecular weight excluding hydrogens is 240 g/mol. The number of aromatic amines is 1. The van der Waals surface area contributed by atoms with E-state index >= 15 is 0 Å². The Hall–Kier alpha value is -2.62. The summed E-state index contributed by atoms with van der Waals surface area (Å²) in [7, 11) is 0. The second-order valence-corrected chi connectivity index (χ2v) is 4.33. The third-order valence-corrected chi connectivity index (χ3v) is 2.88. The number of nitrogens with one attached hydrogen (secondary N) is 1. The van der Waals surface area contributed by atoms with E-state index in [0.29, 0.717) is 11.3 Å². The summed E-state index contributed by atoms with van der Waals surface area (Å²) >= 11 is 0. The lowest BCUT2D eigenvalue weighted by Crippen LogP contribution is -2.09. The van der Waals surface area contributed by atoms with Crippen molar-refractivity contribution in [1.82, 2.24) is 9.97 Å². The molecule has 1 aromatic carbocycles. The molecule has 0 bridgehead atoms. The number of rotatable bonds is 2. The van der Waals surface area contributed by atoms with Crippen molar-refractivity contribution in [2.75, 3.05) is 0 Å². The number of carbonyl (C=O) groups excluding carboxylic acids is 1. The molecule has 3 aromatic rings. The van der Waals surface area contributed by atoms with Gasteiger partial charge in [-0.2, -0.15) is 0 Å². The summed E-state index contributed by atoms with van der Waals surface area (Å²) in [4.78, 5) is 19.2. The zero-order valence-corrected chi connectivity index (χ0v) is 10.4. The summed E-state index contributed by atoms with van der Waals surface area (Å²) in [5, 5.41) is 0.855. The molecule has 0 aliphatic heterocycles. The quantitative estimate of drug-likeness (QED) is 0.713. The Bertz CT molecular complexity index is 746. The predicted molar refractivity (Wildman–Crippen MR) is 72.2 cm³/mol. The van der Waals surface area contributed by atoms with Crippen LogP contribution >= 0.6 is 0 Å². The first-order valence-electron chi connectivity index (χ1n) is 5.94. The molecule has 1 N–H and O–H groups in total. The molecule has 0 spiro atoms. The fourth-order valence-corrected chi connectivity index (χ4v) is 2.01. The molecule has 0 atom stereocenters. The van der Waals surface area contributed by atoms with E-state index in [4.69, 9.17) is 4.74 Å². The third kappa shape index (κ3) is 2.20. The number of benzene rings is 1. The standard InChI is InChI=1S/C15H12N2O2/c1-10-7-11(9-16-8-10)19-15(18)13-3-2-4-14-12(13)5-6-17-14/h2-9,17H,1H3. The van der Waals surface area contributed by atoms with Gasteiger partial charge in [0.05, 0.1) is 11.8 Å². The maximum atomic E-state index is 12.2. The highest BCUT2D eigenvalue weighted by molar-refractivity contribution is 6.04. The van der Waals surface area contributed by atoms with Crippen LogP contribution in [0.15, 0.2) is 48.9 Å². The zero-order valence-electron chi connectivity index (χ0n) is 10.4. The number of H-pyrrole nitrogens is 1. The summed E-state index contributed by atoms with van der Waals surface area (Å²) in [5.74, 6) is 0.0788. The minimum Gasteiger partial charge on any atom is -0.421 e. The zero-order chi connectivity index (χ0) is 13.2. The Morgan fingerprint density at radius 3 is 3.00 bits per heavy atom. The van der Waals surface area contributed by atoms with Crippen LogP contribution in [0.4, 0.5) is 0 Å². The molecular formula is C15H12N2O2. The number of aromatic nitrogens is 2. The van der Waals surface area contributed by atoms with Gasteiger partial charge in [0.1, 0.15) is 5.75 Å². The Morgan fingerprint density at radius 1 is 1.26 bits per heavy atom. The van der Waals surface area contributed by atoms with Crippen molar-refractivity contribution in [3.8, 4) is 5.75 Å². The molecule has 0 unspecified atom stereocenters. The van der Waals surface area contributed by atoms with Crippen molar-refractivity contribution < 1.29 is 9.53 Å². The Kier molecular flexibility index (Phi) is 2.76. The summed E-state index contributed by atoms with van der Waals surface area (Å²) < 4.78 is 5.34. The molecule has 0 amide bonds. The minimum absolute atomic E-state index is 0.377. The number of carbonyl (C=O) groups is 1. The number of fused-ring (bicyclic) bond motifs is 1. The van der Waals surface area contributed by atoms with E-state index in [1.54, 1.807) is 24.5 Å². The highest BCUT2D eigenvalue weighted by Gasteiger charge is 2.12. The predicted octanol–water partition coefficient (Wildman–Crippen LogP) is 3.09. The number of pyridine rings is 1. The lowest BCUT2D eigenvalue weighted by Gasteiger charge is -2.05. The molecule has 4 heteroatoms. The van der Waals surface area contributed by atoms with Gasteiger partial charge in [-0.15, -0.1) is 0 Å². The second kappa shape index (κ2) is 4.57. The first-order valence-corrected chi connectivity index (χ1v) is 5.94. The van der Waals surface area contributed by atoms with Gasteiger partial charge in [-0.3, -0.25) is 4.98 Å². The number of nitrogens with zero attached hydrogens (tertiary/aromatic N) is 1. The number of hydrogen-bond donors (Lipinski definition) is 1. The molecule has 0 aliphatic carbocycles. The monoisotopic (exact) mass is 252 g/mol. The first kappa shape index (κ1) is 11.5. The average molecular weight is 252 g/mol. The third-order valence-electron chi connectivity index (χ3n) is 2.88. The summed E-state index contributed by atoms with van der Waals surface area (Å²) in [6.45, 7) is 1.90. The van der Waals surface area contributed by atoms with Gasteiger partial charge in [0.2, 0.25) is 0 Å². The van der Waals surface area contributed by atoms with Crippen LogP contribution in [0.1, 0.15) is 15.9 Å². The van der Waals surface area contributed by atoms with Gasteiger partial charge in [0.25, 0.3) is 0 Å². The van der Waals surface area contributed by atoms with Crippen molar-refractivity contribution in [2.24, 2.45) is 0 Å². The summed E-state index contributed by atoms with van der Waals surface area (Å²) in [6.07, 6.45) is 5.04. The molecule has 0 saturated heterocycles. The van der Waals surface area contributed by atoms with Gasteiger partial charge in [-0.05, 0) is 36.8 Å². The molecule has 2 heterocycles. The molecule has 3 rings (SSSR count). The largest absolute Gasteiger partial charge is 0.421 e. The van der Waals surface area contributed by atoms with Crippen LogP contribution in [0.2, 0.25) is 0 Å². The maximum Gasteiger partial charge on any atom is 0.344 e. The van der Waals surface area contributed by atoms with Gasteiger partial charge >= 0.3 is 5.97 Å². The fourth-order valence-electron chi connectivity index (χ4n) is 2.01. The van der Waals surface area contributed by atoms with Crippen LogP contribution in [0.3, 0.4) is 0 Å². The van der Waals surface area contributed by atoms with Gasteiger partial charge in [-0.1, -0.05) is 6.07 Å². The summed E-state index contributed by atoms with van der Waals surface area (Å²) in [5.41, 5.74) is 2.40. The van der Waals surface area contributed by atoms with Crippen LogP contribution in [0.5, 0.6) is 5.75 Å². The second-order valence-electron chi connectivity index (χ2n) is 4.33. The van der Waals surface area contributed by atoms with Crippen molar-refractivity contribution in [3.63, 3.8) is 0 Å². The molecule has 0 saturated carbocycles. The Labute approximate surface area is 110 Å². The van der Waals surface area contributed by atoms with Crippen molar-refractivity contribution in [3.05, 3.63) is 60.0 Å². The van der Waals surface area contributed by atoms with E-state index in [1.165, 1.54) is 6.20 Å². The van der Waals surface area contributed by atoms with E-state index in [0.717, 1.165) is 16.5 Å². The average Bonchev–Trinajstić information content (AvgIpc) is 2.86. The Balaban J connectivity index is 1.94. The number of aryl methyl sites for hydroxylation is 1. The van der Waals surface area contributed by atoms with Gasteiger partial charge in [0, 0.05) is 23.3 Å². The van der Waals surface area contributed by atoms with Crippen LogP contribution in [-0.2, 0) is 0 Å². The molecule has 94 valence electrons. The van der Waals surface area contributed by atoms with Gasteiger partial charge in [-0.25, -0.2) is 4.79 Å². The highest BCUT2D eigenvalue weighted by Crippen LogP contribution is 2.20. The molecule has 0 radical (unpaired) electrons. The van der Waals surface area contributed by atoms with E-state index in [1.807, 2.05) is 25.1 Å². The lowest BCUT2D eigenvalue weighted by atomic mass is 10.1. The van der Waals surface area contributed by atoms with E-state index in [2.05, 4.69) is 9.97 Å².